The van der Waals surface area contributed by atoms with Crippen molar-refractivity contribution in [2.24, 2.45) is 0 Å². The first-order valence-corrected chi connectivity index (χ1v) is 8.03. The van der Waals surface area contributed by atoms with E-state index in [1.165, 1.54) is 6.33 Å². The Bertz CT molecular complexity index is 684. The molecule has 0 radical (unpaired) electrons. The summed E-state index contributed by atoms with van der Waals surface area (Å²) in [5.41, 5.74) is 0.391. The smallest absolute Gasteiger partial charge is 0.270 e. The highest BCUT2D eigenvalue weighted by Crippen LogP contribution is 2.16. The van der Waals surface area contributed by atoms with Crippen molar-refractivity contribution in [3.8, 4) is 0 Å². The second-order valence-electron chi connectivity index (χ2n) is 5.91. The molecule has 2 aromatic heterocycles. The number of carbonyl (C=O) groups is 1. The number of anilines is 2. The zero-order valence-corrected chi connectivity index (χ0v) is 13.9. The van der Waals surface area contributed by atoms with E-state index in [-0.39, 0.29) is 11.9 Å². The first-order valence-electron chi connectivity index (χ1n) is 8.03. The maximum absolute atomic E-state index is 12.1. The molecule has 1 aliphatic heterocycles. The van der Waals surface area contributed by atoms with Gasteiger partial charge in [0.25, 0.3) is 5.91 Å². The van der Waals surface area contributed by atoms with Crippen molar-refractivity contribution in [2.45, 2.75) is 19.9 Å². The Morgan fingerprint density at radius 2 is 1.71 bits per heavy atom. The lowest BCUT2D eigenvalue weighted by Gasteiger charge is -2.35. The Kier molecular flexibility index (Phi) is 4.83. The molecular weight excluding hydrogens is 306 g/mol. The van der Waals surface area contributed by atoms with E-state index in [4.69, 9.17) is 0 Å². The fraction of sp³-hybridized carbons (Fsp3) is 0.438. The SMILES string of the molecule is CC(C)NC(=O)c1cc(N2CCN(c3ncccn3)CC2)ncn1. The van der Waals surface area contributed by atoms with E-state index in [9.17, 15) is 4.79 Å². The number of amides is 1. The van der Waals surface area contributed by atoms with Gasteiger partial charge in [-0.15, -0.1) is 0 Å². The van der Waals surface area contributed by atoms with Crippen molar-refractivity contribution in [2.75, 3.05) is 36.0 Å². The molecule has 1 amide bonds. The second-order valence-corrected chi connectivity index (χ2v) is 5.91. The zero-order valence-electron chi connectivity index (χ0n) is 13.9. The standard InChI is InChI=1S/C16H21N7O/c1-12(2)21-15(24)13-10-14(20-11-19-13)22-6-8-23(9-7-22)16-17-4-3-5-18-16/h3-5,10-12H,6-9H2,1-2H3,(H,21,24). The molecule has 24 heavy (non-hydrogen) atoms. The van der Waals surface area contributed by atoms with Gasteiger partial charge in [0.05, 0.1) is 0 Å². The maximum Gasteiger partial charge on any atom is 0.270 e. The molecule has 3 heterocycles. The van der Waals surface area contributed by atoms with Crippen LogP contribution in [0.3, 0.4) is 0 Å². The predicted molar refractivity (Wildman–Crippen MR) is 91.1 cm³/mol. The summed E-state index contributed by atoms with van der Waals surface area (Å²) >= 11 is 0. The molecule has 126 valence electrons. The Morgan fingerprint density at radius 1 is 1.04 bits per heavy atom. The highest BCUT2D eigenvalue weighted by Gasteiger charge is 2.21. The lowest BCUT2D eigenvalue weighted by Crippen LogP contribution is -2.47. The number of piperazine rings is 1. The lowest BCUT2D eigenvalue weighted by molar-refractivity contribution is 0.0938. The summed E-state index contributed by atoms with van der Waals surface area (Å²) in [6.07, 6.45) is 4.94. The number of aromatic nitrogens is 4. The average molecular weight is 327 g/mol. The summed E-state index contributed by atoms with van der Waals surface area (Å²) in [6.45, 7) is 7.04. The molecule has 8 heteroatoms. The molecule has 1 aliphatic rings. The Balaban J connectivity index is 1.65. The third-order valence-corrected chi connectivity index (χ3v) is 3.74. The summed E-state index contributed by atoms with van der Waals surface area (Å²) in [6, 6.07) is 3.63. The van der Waals surface area contributed by atoms with Crippen LogP contribution in [0.1, 0.15) is 24.3 Å². The summed E-state index contributed by atoms with van der Waals surface area (Å²) in [4.78, 5) is 33.3. The molecule has 0 atom stereocenters. The van der Waals surface area contributed by atoms with E-state index in [0.717, 1.165) is 37.9 Å². The van der Waals surface area contributed by atoms with Gasteiger partial charge in [-0.2, -0.15) is 0 Å². The van der Waals surface area contributed by atoms with Crippen molar-refractivity contribution in [3.05, 3.63) is 36.5 Å². The predicted octanol–water partition coefficient (Wildman–Crippen LogP) is 0.731. The highest BCUT2D eigenvalue weighted by molar-refractivity contribution is 5.93. The van der Waals surface area contributed by atoms with Crippen molar-refractivity contribution in [3.63, 3.8) is 0 Å². The normalized spacial score (nSPS) is 14.8. The van der Waals surface area contributed by atoms with Gasteiger partial charge in [0.1, 0.15) is 17.8 Å². The van der Waals surface area contributed by atoms with Crippen LogP contribution in [0.5, 0.6) is 0 Å². The molecule has 0 aliphatic carbocycles. The number of nitrogens with zero attached hydrogens (tertiary/aromatic N) is 6. The first-order chi connectivity index (χ1) is 11.6. The van der Waals surface area contributed by atoms with Crippen molar-refractivity contribution >= 4 is 17.7 Å². The van der Waals surface area contributed by atoms with E-state index in [0.29, 0.717) is 5.69 Å². The van der Waals surface area contributed by atoms with Gasteiger partial charge in [0.15, 0.2) is 0 Å². The molecule has 0 bridgehead atoms. The lowest BCUT2D eigenvalue weighted by atomic mass is 10.3. The Labute approximate surface area is 141 Å². The minimum absolute atomic E-state index is 0.0744. The minimum atomic E-state index is -0.176. The van der Waals surface area contributed by atoms with Crippen molar-refractivity contribution < 1.29 is 4.79 Å². The number of rotatable bonds is 4. The van der Waals surface area contributed by atoms with Gasteiger partial charge in [0, 0.05) is 50.7 Å². The quantitative estimate of drug-likeness (QED) is 0.886. The number of hydrogen-bond donors (Lipinski definition) is 1. The van der Waals surface area contributed by atoms with Crippen LogP contribution >= 0.6 is 0 Å². The van der Waals surface area contributed by atoms with Gasteiger partial charge in [-0.05, 0) is 19.9 Å². The van der Waals surface area contributed by atoms with Gasteiger partial charge in [-0.3, -0.25) is 4.79 Å². The zero-order chi connectivity index (χ0) is 16.9. The minimum Gasteiger partial charge on any atom is -0.353 e. The van der Waals surface area contributed by atoms with Gasteiger partial charge >= 0.3 is 0 Å². The van der Waals surface area contributed by atoms with E-state index in [2.05, 4.69) is 35.1 Å². The summed E-state index contributed by atoms with van der Waals surface area (Å²) in [5, 5.41) is 2.85. The molecule has 1 fully saturated rings. The van der Waals surface area contributed by atoms with Crippen LogP contribution in [-0.2, 0) is 0 Å². The average Bonchev–Trinajstić information content (AvgIpc) is 2.62. The highest BCUT2D eigenvalue weighted by atomic mass is 16.1. The van der Waals surface area contributed by atoms with E-state index in [1.54, 1.807) is 18.5 Å². The largest absolute Gasteiger partial charge is 0.353 e. The maximum atomic E-state index is 12.1. The fourth-order valence-electron chi connectivity index (χ4n) is 2.57. The van der Waals surface area contributed by atoms with Gasteiger partial charge < -0.3 is 15.1 Å². The van der Waals surface area contributed by atoms with Crippen molar-refractivity contribution in [1.82, 2.24) is 25.3 Å². The summed E-state index contributed by atoms with van der Waals surface area (Å²) in [5.74, 6) is 1.34. The summed E-state index contributed by atoms with van der Waals surface area (Å²) in [7, 11) is 0. The van der Waals surface area contributed by atoms with E-state index >= 15 is 0 Å². The third-order valence-electron chi connectivity index (χ3n) is 3.74. The Hall–Kier alpha value is -2.77. The molecule has 0 saturated carbocycles. The van der Waals surface area contributed by atoms with Crippen LogP contribution in [0.15, 0.2) is 30.9 Å². The molecule has 0 spiro atoms. The third kappa shape index (κ3) is 3.76. The first kappa shape index (κ1) is 16.1. The van der Waals surface area contributed by atoms with Crippen LogP contribution in [0.25, 0.3) is 0 Å². The monoisotopic (exact) mass is 327 g/mol. The van der Waals surface area contributed by atoms with Gasteiger partial charge in [-0.1, -0.05) is 0 Å². The molecule has 3 rings (SSSR count). The van der Waals surface area contributed by atoms with Crippen molar-refractivity contribution in [1.29, 1.82) is 0 Å². The van der Waals surface area contributed by atoms with Crippen LogP contribution in [0.4, 0.5) is 11.8 Å². The molecule has 1 N–H and O–H groups in total. The van der Waals surface area contributed by atoms with Crippen LogP contribution in [0, 0.1) is 0 Å². The molecule has 0 unspecified atom stereocenters. The Morgan fingerprint density at radius 3 is 2.38 bits per heavy atom. The van der Waals surface area contributed by atoms with Gasteiger partial charge in [-0.25, -0.2) is 19.9 Å². The topological polar surface area (TPSA) is 87.1 Å². The van der Waals surface area contributed by atoms with Crippen LogP contribution in [-0.4, -0.2) is 58.1 Å². The molecular formula is C16H21N7O. The molecule has 1 saturated heterocycles. The molecule has 0 aromatic carbocycles. The van der Waals surface area contributed by atoms with Crippen LogP contribution in [0.2, 0.25) is 0 Å². The number of carbonyl (C=O) groups excluding carboxylic acids is 1. The summed E-state index contributed by atoms with van der Waals surface area (Å²) < 4.78 is 0. The number of hydrogen-bond acceptors (Lipinski definition) is 7. The van der Waals surface area contributed by atoms with Crippen LogP contribution < -0.4 is 15.1 Å². The van der Waals surface area contributed by atoms with E-state index < -0.39 is 0 Å². The van der Waals surface area contributed by atoms with Gasteiger partial charge in [0.2, 0.25) is 5.95 Å². The van der Waals surface area contributed by atoms with E-state index in [1.807, 2.05) is 19.9 Å². The number of nitrogens with one attached hydrogen (secondary N) is 1. The molecule has 8 nitrogen and oxygen atoms in total. The molecule has 2 aromatic rings. The fourth-order valence-corrected chi connectivity index (χ4v) is 2.57. The second kappa shape index (κ2) is 7.20.